The lowest BCUT2D eigenvalue weighted by atomic mass is 9.83. The first kappa shape index (κ1) is 14.8. The molecule has 5 heteroatoms. The second-order valence-corrected chi connectivity index (χ2v) is 5.40. The second kappa shape index (κ2) is 6.61. The minimum absolute atomic E-state index is 0.183. The third kappa shape index (κ3) is 4.55. The summed E-state index contributed by atoms with van der Waals surface area (Å²) in [4.78, 5) is 22.8. The smallest absolute Gasteiger partial charge is 0.326 e. The maximum Gasteiger partial charge on any atom is 0.326 e. The van der Waals surface area contributed by atoms with Crippen LogP contribution in [0.5, 0.6) is 0 Å². The highest BCUT2D eigenvalue weighted by molar-refractivity contribution is 5.82. The van der Waals surface area contributed by atoms with Gasteiger partial charge in [-0.05, 0) is 26.2 Å². The van der Waals surface area contributed by atoms with E-state index in [1.54, 1.807) is 0 Å². The molecule has 5 nitrogen and oxygen atoms in total. The van der Waals surface area contributed by atoms with E-state index in [4.69, 9.17) is 5.11 Å². The number of hydrogen-bond acceptors (Lipinski definition) is 2. The molecule has 0 unspecified atom stereocenters. The number of carbonyl (C=O) groups is 2. The van der Waals surface area contributed by atoms with Gasteiger partial charge in [0.25, 0.3) is 0 Å². The molecular formula is C13H24N2O3. The summed E-state index contributed by atoms with van der Waals surface area (Å²) in [5.74, 6) is -0.971. The molecule has 18 heavy (non-hydrogen) atoms. The van der Waals surface area contributed by atoms with Crippen LogP contribution in [0, 0.1) is 0 Å². The van der Waals surface area contributed by atoms with Crippen molar-refractivity contribution in [1.29, 1.82) is 0 Å². The molecule has 1 saturated carbocycles. The molecule has 3 N–H and O–H groups in total. The third-order valence-electron chi connectivity index (χ3n) is 3.55. The number of carboxylic acids is 1. The van der Waals surface area contributed by atoms with Gasteiger partial charge in [0.1, 0.15) is 6.04 Å². The van der Waals surface area contributed by atoms with Crippen LogP contribution >= 0.6 is 0 Å². The van der Waals surface area contributed by atoms with Gasteiger partial charge < -0.3 is 15.7 Å². The van der Waals surface area contributed by atoms with Gasteiger partial charge in [0.05, 0.1) is 0 Å². The van der Waals surface area contributed by atoms with Crippen molar-refractivity contribution < 1.29 is 14.7 Å². The Morgan fingerprint density at radius 3 is 2.39 bits per heavy atom. The van der Waals surface area contributed by atoms with Crippen LogP contribution in [0.15, 0.2) is 0 Å². The standard InChI is InChI=1S/C13H24N2O3/c1-3-7-10(11(16)17)14-12(18)15-13(2)8-5-4-6-9-13/h10H,3-9H2,1-2H3,(H,16,17)(H2,14,15,18)/t10-/m1/s1. The van der Waals surface area contributed by atoms with Gasteiger partial charge in [-0.15, -0.1) is 0 Å². The first-order valence-electron chi connectivity index (χ1n) is 6.78. The van der Waals surface area contributed by atoms with Crippen molar-refractivity contribution in [3.63, 3.8) is 0 Å². The molecule has 0 bridgehead atoms. The van der Waals surface area contributed by atoms with Crippen LogP contribution < -0.4 is 10.6 Å². The van der Waals surface area contributed by atoms with E-state index in [9.17, 15) is 9.59 Å². The number of carboxylic acid groups (broad SMARTS) is 1. The molecule has 1 fully saturated rings. The van der Waals surface area contributed by atoms with E-state index in [0.29, 0.717) is 6.42 Å². The van der Waals surface area contributed by atoms with E-state index in [1.807, 2.05) is 13.8 Å². The van der Waals surface area contributed by atoms with Gasteiger partial charge in [-0.25, -0.2) is 9.59 Å². The van der Waals surface area contributed by atoms with E-state index in [2.05, 4.69) is 10.6 Å². The van der Waals surface area contributed by atoms with Crippen molar-refractivity contribution in [2.75, 3.05) is 0 Å². The first-order chi connectivity index (χ1) is 8.47. The Morgan fingerprint density at radius 2 is 1.89 bits per heavy atom. The summed E-state index contributed by atoms with van der Waals surface area (Å²) in [6, 6.07) is -1.15. The SMILES string of the molecule is CCC[C@@H](NC(=O)NC1(C)CCCCC1)C(=O)O. The predicted octanol–water partition coefficient (Wildman–Crippen LogP) is 2.26. The van der Waals surface area contributed by atoms with E-state index in [-0.39, 0.29) is 11.6 Å². The Kier molecular flexibility index (Phi) is 5.44. The number of hydrogen-bond donors (Lipinski definition) is 3. The summed E-state index contributed by atoms with van der Waals surface area (Å²) >= 11 is 0. The quantitative estimate of drug-likeness (QED) is 0.706. The number of nitrogens with one attached hydrogen (secondary N) is 2. The molecule has 1 rings (SSSR count). The molecule has 0 aromatic rings. The first-order valence-corrected chi connectivity index (χ1v) is 6.78. The van der Waals surface area contributed by atoms with Crippen molar-refractivity contribution in [3.05, 3.63) is 0 Å². The summed E-state index contributed by atoms with van der Waals surface area (Å²) in [6.07, 6.45) is 6.57. The molecule has 0 saturated heterocycles. The van der Waals surface area contributed by atoms with Crippen molar-refractivity contribution in [2.24, 2.45) is 0 Å². The van der Waals surface area contributed by atoms with Crippen molar-refractivity contribution in [2.45, 2.75) is 70.4 Å². The zero-order chi connectivity index (χ0) is 13.6. The van der Waals surface area contributed by atoms with E-state index in [0.717, 1.165) is 32.1 Å². The van der Waals surface area contributed by atoms with E-state index >= 15 is 0 Å². The molecular weight excluding hydrogens is 232 g/mol. The lowest BCUT2D eigenvalue weighted by Crippen LogP contribution is -2.54. The molecule has 1 atom stereocenters. The second-order valence-electron chi connectivity index (χ2n) is 5.40. The highest BCUT2D eigenvalue weighted by Crippen LogP contribution is 2.27. The van der Waals surface area contributed by atoms with E-state index in [1.165, 1.54) is 6.42 Å². The summed E-state index contributed by atoms with van der Waals surface area (Å²) < 4.78 is 0. The summed E-state index contributed by atoms with van der Waals surface area (Å²) in [6.45, 7) is 3.93. The normalized spacial score (nSPS) is 19.9. The van der Waals surface area contributed by atoms with Gasteiger partial charge in [-0.2, -0.15) is 0 Å². The van der Waals surface area contributed by atoms with Gasteiger partial charge in [0.15, 0.2) is 0 Å². The van der Waals surface area contributed by atoms with E-state index < -0.39 is 12.0 Å². The minimum Gasteiger partial charge on any atom is -0.480 e. The van der Waals surface area contributed by atoms with Crippen LogP contribution in [0.3, 0.4) is 0 Å². The molecule has 0 spiro atoms. The highest BCUT2D eigenvalue weighted by atomic mass is 16.4. The molecule has 0 radical (unpaired) electrons. The number of rotatable bonds is 5. The van der Waals surface area contributed by atoms with Crippen LogP contribution in [0.4, 0.5) is 4.79 Å². The molecule has 0 aromatic carbocycles. The van der Waals surface area contributed by atoms with Crippen molar-refractivity contribution >= 4 is 12.0 Å². The van der Waals surface area contributed by atoms with Crippen LogP contribution in [-0.4, -0.2) is 28.7 Å². The lowest BCUT2D eigenvalue weighted by molar-refractivity contribution is -0.139. The maximum atomic E-state index is 11.8. The topological polar surface area (TPSA) is 78.4 Å². The van der Waals surface area contributed by atoms with Crippen molar-refractivity contribution in [1.82, 2.24) is 10.6 Å². The number of carbonyl (C=O) groups excluding carboxylic acids is 1. The fourth-order valence-corrected chi connectivity index (χ4v) is 2.47. The van der Waals surface area contributed by atoms with Crippen LogP contribution in [0.25, 0.3) is 0 Å². The largest absolute Gasteiger partial charge is 0.480 e. The monoisotopic (exact) mass is 256 g/mol. The Balaban J connectivity index is 2.46. The van der Waals surface area contributed by atoms with Gasteiger partial charge in [0.2, 0.25) is 0 Å². The molecule has 2 amide bonds. The summed E-state index contributed by atoms with van der Waals surface area (Å²) in [5.41, 5.74) is -0.183. The molecule has 1 aliphatic rings. The average Bonchev–Trinajstić information content (AvgIpc) is 2.28. The molecule has 1 aliphatic carbocycles. The van der Waals surface area contributed by atoms with Crippen LogP contribution in [0.1, 0.15) is 58.8 Å². The number of urea groups is 1. The lowest BCUT2D eigenvalue weighted by Gasteiger charge is -2.34. The van der Waals surface area contributed by atoms with Crippen LogP contribution in [0.2, 0.25) is 0 Å². The Labute approximate surface area is 108 Å². The summed E-state index contributed by atoms with van der Waals surface area (Å²) in [7, 11) is 0. The van der Waals surface area contributed by atoms with Gasteiger partial charge >= 0.3 is 12.0 Å². The fourth-order valence-electron chi connectivity index (χ4n) is 2.47. The average molecular weight is 256 g/mol. The maximum absolute atomic E-state index is 11.8. The molecule has 0 heterocycles. The van der Waals surface area contributed by atoms with Gasteiger partial charge in [-0.3, -0.25) is 0 Å². The summed E-state index contributed by atoms with van der Waals surface area (Å²) in [5, 5.41) is 14.4. The molecule has 104 valence electrons. The van der Waals surface area contributed by atoms with Crippen molar-refractivity contribution in [3.8, 4) is 0 Å². The zero-order valence-corrected chi connectivity index (χ0v) is 11.3. The van der Waals surface area contributed by atoms with Gasteiger partial charge in [0, 0.05) is 5.54 Å². The predicted molar refractivity (Wildman–Crippen MR) is 69.5 cm³/mol. The Morgan fingerprint density at radius 1 is 1.28 bits per heavy atom. The molecule has 0 aliphatic heterocycles. The third-order valence-corrected chi connectivity index (χ3v) is 3.55. The minimum atomic E-state index is -0.971. The Hall–Kier alpha value is -1.26. The number of amides is 2. The zero-order valence-electron chi connectivity index (χ0n) is 11.3. The number of aliphatic carboxylic acids is 1. The Bertz CT molecular complexity index is 299. The van der Waals surface area contributed by atoms with Crippen LogP contribution in [-0.2, 0) is 4.79 Å². The van der Waals surface area contributed by atoms with Gasteiger partial charge in [-0.1, -0.05) is 32.6 Å². The fraction of sp³-hybridized carbons (Fsp3) is 0.846. The molecule has 0 aromatic heterocycles. The highest BCUT2D eigenvalue weighted by Gasteiger charge is 2.29.